The lowest BCUT2D eigenvalue weighted by Gasteiger charge is -2.11. The van der Waals surface area contributed by atoms with Gasteiger partial charge >= 0.3 is 6.18 Å². The van der Waals surface area contributed by atoms with Gasteiger partial charge in [0, 0.05) is 0 Å². The number of hydrogen-bond donors (Lipinski definition) is 1. The Morgan fingerprint density at radius 3 is 2.50 bits per heavy atom. The van der Waals surface area contributed by atoms with Crippen LogP contribution in [0.3, 0.4) is 0 Å². The fourth-order valence-electron chi connectivity index (χ4n) is 2.87. The molecule has 30 heavy (non-hydrogen) atoms. The molecule has 3 aromatic rings. The zero-order valence-electron chi connectivity index (χ0n) is 16.3. The first-order valence-electron chi connectivity index (χ1n) is 9.02. The average Bonchev–Trinajstić information content (AvgIpc) is 2.95. The van der Waals surface area contributed by atoms with E-state index in [1.54, 1.807) is 13.8 Å². The van der Waals surface area contributed by atoms with E-state index >= 15 is 0 Å². The summed E-state index contributed by atoms with van der Waals surface area (Å²) >= 11 is 0. The van der Waals surface area contributed by atoms with Crippen molar-refractivity contribution in [3.63, 3.8) is 0 Å². The van der Waals surface area contributed by atoms with Crippen molar-refractivity contribution in [1.82, 2.24) is 9.78 Å². The molecule has 1 aromatic heterocycles. The molecule has 5 nitrogen and oxygen atoms in total. The minimum atomic E-state index is -4.46. The number of aryl methyl sites for hydroxylation is 1. The Morgan fingerprint density at radius 2 is 1.83 bits per heavy atom. The first-order chi connectivity index (χ1) is 14.1. The van der Waals surface area contributed by atoms with Crippen LogP contribution in [0.15, 0.2) is 48.5 Å². The number of nitrogens with zero attached hydrogens (tertiary/aromatic N) is 2. The van der Waals surface area contributed by atoms with E-state index in [-0.39, 0.29) is 30.6 Å². The summed E-state index contributed by atoms with van der Waals surface area (Å²) in [5.41, 5.74) is 1.47. The number of aromatic nitrogens is 2. The van der Waals surface area contributed by atoms with E-state index in [1.165, 1.54) is 41.1 Å². The molecule has 2 aromatic carbocycles. The van der Waals surface area contributed by atoms with E-state index in [0.717, 1.165) is 12.1 Å². The maximum atomic E-state index is 13.0. The number of ether oxygens (including phenoxy) is 1. The van der Waals surface area contributed by atoms with Gasteiger partial charge in [0.25, 0.3) is 0 Å². The number of carbonyl (C=O) groups excluding carboxylic acids is 1. The van der Waals surface area contributed by atoms with E-state index in [2.05, 4.69) is 10.4 Å². The van der Waals surface area contributed by atoms with Gasteiger partial charge in [-0.15, -0.1) is 0 Å². The highest BCUT2D eigenvalue weighted by Gasteiger charge is 2.30. The molecule has 0 atom stereocenters. The Hall–Kier alpha value is -3.36. The third kappa shape index (κ3) is 5.16. The van der Waals surface area contributed by atoms with E-state index in [0.29, 0.717) is 22.6 Å². The zero-order valence-corrected chi connectivity index (χ0v) is 16.3. The van der Waals surface area contributed by atoms with Crippen LogP contribution >= 0.6 is 0 Å². The van der Waals surface area contributed by atoms with Gasteiger partial charge in [0.15, 0.2) is 6.73 Å². The lowest BCUT2D eigenvalue weighted by molar-refractivity contribution is -0.137. The van der Waals surface area contributed by atoms with Crippen molar-refractivity contribution < 1.29 is 27.1 Å². The molecular weight excluding hydrogens is 402 g/mol. The van der Waals surface area contributed by atoms with Crippen LogP contribution in [0.5, 0.6) is 5.75 Å². The Balaban J connectivity index is 1.66. The minimum absolute atomic E-state index is 0.0549. The second kappa shape index (κ2) is 8.56. The van der Waals surface area contributed by atoms with Crippen LogP contribution in [0.2, 0.25) is 0 Å². The van der Waals surface area contributed by atoms with E-state index in [9.17, 15) is 22.4 Å². The van der Waals surface area contributed by atoms with Gasteiger partial charge in [-0.1, -0.05) is 18.2 Å². The molecule has 3 rings (SSSR count). The summed E-state index contributed by atoms with van der Waals surface area (Å²) in [4.78, 5) is 12.3. The monoisotopic (exact) mass is 421 g/mol. The number of anilines is 1. The first-order valence-corrected chi connectivity index (χ1v) is 9.02. The molecular formula is C21H19F4N3O2. The van der Waals surface area contributed by atoms with Crippen molar-refractivity contribution in [1.29, 1.82) is 0 Å². The summed E-state index contributed by atoms with van der Waals surface area (Å²) in [5, 5.41) is 7.04. The topological polar surface area (TPSA) is 56.1 Å². The standard InChI is InChI=1S/C21H19F4N3O2/c1-13-20(26-19(29)10-15-6-8-17(22)9-7-15)14(2)28(27-13)12-30-18-5-3-4-16(11-18)21(23,24)25/h3-9,11H,10,12H2,1-2H3,(H,26,29). The minimum Gasteiger partial charge on any atom is -0.471 e. The molecule has 0 aliphatic rings. The van der Waals surface area contributed by atoms with Crippen molar-refractivity contribution in [3.8, 4) is 5.75 Å². The molecule has 0 bridgehead atoms. The lowest BCUT2D eigenvalue weighted by Crippen LogP contribution is -2.16. The highest BCUT2D eigenvalue weighted by molar-refractivity contribution is 5.93. The van der Waals surface area contributed by atoms with Crippen molar-refractivity contribution in [2.75, 3.05) is 5.32 Å². The third-order valence-corrected chi connectivity index (χ3v) is 4.44. The van der Waals surface area contributed by atoms with Crippen molar-refractivity contribution in [2.45, 2.75) is 33.2 Å². The van der Waals surface area contributed by atoms with Gasteiger partial charge in [0.05, 0.1) is 29.1 Å². The van der Waals surface area contributed by atoms with E-state index in [1.807, 2.05) is 0 Å². The van der Waals surface area contributed by atoms with Crippen LogP contribution in [0.4, 0.5) is 23.2 Å². The molecule has 1 amide bonds. The van der Waals surface area contributed by atoms with E-state index in [4.69, 9.17) is 4.74 Å². The van der Waals surface area contributed by atoms with Crippen LogP contribution in [0.1, 0.15) is 22.5 Å². The number of hydrogen-bond acceptors (Lipinski definition) is 3. The highest BCUT2D eigenvalue weighted by atomic mass is 19.4. The number of nitrogens with one attached hydrogen (secondary N) is 1. The van der Waals surface area contributed by atoms with Gasteiger partial charge in [-0.05, 0) is 49.7 Å². The average molecular weight is 421 g/mol. The summed E-state index contributed by atoms with van der Waals surface area (Å²) < 4.78 is 58.3. The van der Waals surface area contributed by atoms with Gasteiger partial charge in [0.2, 0.25) is 5.91 Å². The van der Waals surface area contributed by atoms with Crippen molar-refractivity contribution in [3.05, 3.63) is 76.9 Å². The molecule has 158 valence electrons. The van der Waals surface area contributed by atoms with Gasteiger partial charge in [-0.2, -0.15) is 18.3 Å². The number of rotatable bonds is 6. The molecule has 9 heteroatoms. The Bertz CT molecular complexity index is 1040. The number of alkyl halides is 3. The summed E-state index contributed by atoms with van der Waals surface area (Å²) in [6, 6.07) is 10.2. The normalized spacial score (nSPS) is 11.4. The number of benzene rings is 2. The molecule has 0 spiro atoms. The van der Waals surface area contributed by atoms with E-state index < -0.39 is 11.7 Å². The first kappa shape index (κ1) is 21.4. The van der Waals surface area contributed by atoms with Crippen LogP contribution in [0.25, 0.3) is 0 Å². The second-order valence-corrected chi connectivity index (χ2v) is 6.70. The predicted molar refractivity (Wildman–Crippen MR) is 103 cm³/mol. The smallest absolute Gasteiger partial charge is 0.416 e. The van der Waals surface area contributed by atoms with Crippen LogP contribution in [-0.2, 0) is 24.1 Å². The number of halogens is 4. The second-order valence-electron chi connectivity index (χ2n) is 6.70. The lowest BCUT2D eigenvalue weighted by atomic mass is 10.1. The molecule has 1 heterocycles. The van der Waals surface area contributed by atoms with Gasteiger partial charge in [-0.25, -0.2) is 9.07 Å². The highest BCUT2D eigenvalue weighted by Crippen LogP contribution is 2.31. The van der Waals surface area contributed by atoms with Gasteiger partial charge in [0.1, 0.15) is 11.6 Å². The number of carbonyl (C=O) groups is 1. The zero-order chi connectivity index (χ0) is 21.9. The van der Waals surface area contributed by atoms with Gasteiger partial charge in [-0.3, -0.25) is 4.79 Å². The molecule has 0 saturated heterocycles. The van der Waals surface area contributed by atoms with Crippen molar-refractivity contribution in [2.24, 2.45) is 0 Å². The largest absolute Gasteiger partial charge is 0.471 e. The summed E-state index contributed by atoms with van der Waals surface area (Å²) in [7, 11) is 0. The number of amides is 1. The maximum absolute atomic E-state index is 13.0. The molecule has 0 saturated carbocycles. The SMILES string of the molecule is Cc1nn(COc2cccc(C(F)(F)F)c2)c(C)c1NC(=O)Cc1ccc(F)cc1. The third-order valence-electron chi connectivity index (χ3n) is 4.44. The quantitative estimate of drug-likeness (QED) is 0.578. The van der Waals surface area contributed by atoms with Crippen molar-refractivity contribution >= 4 is 11.6 Å². The molecule has 0 fully saturated rings. The Kier molecular flexibility index (Phi) is 6.09. The van der Waals surface area contributed by atoms with Crippen LogP contribution in [-0.4, -0.2) is 15.7 Å². The molecule has 0 radical (unpaired) electrons. The molecule has 0 aliphatic carbocycles. The molecule has 0 unspecified atom stereocenters. The summed E-state index contributed by atoms with van der Waals surface area (Å²) in [5.74, 6) is -0.627. The fraction of sp³-hybridized carbons (Fsp3) is 0.238. The maximum Gasteiger partial charge on any atom is 0.416 e. The fourth-order valence-corrected chi connectivity index (χ4v) is 2.87. The van der Waals surface area contributed by atoms with Crippen LogP contribution < -0.4 is 10.1 Å². The van der Waals surface area contributed by atoms with Crippen LogP contribution in [0, 0.1) is 19.7 Å². The summed E-state index contributed by atoms with van der Waals surface area (Å²) in [6.07, 6.45) is -4.40. The predicted octanol–water partition coefficient (Wildman–Crippen LogP) is 4.88. The summed E-state index contributed by atoms with van der Waals surface area (Å²) in [6.45, 7) is 3.28. The molecule has 1 N–H and O–H groups in total. The van der Waals surface area contributed by atoms with Gasteiger partial charge < -0.3 is 10.1 Å². The molecule has 0 aliphatic heterocycles. The Morgan fingerprint density at radius 1 is 1.13 bits per heavy atom. The Labute approximate surface area is 170 Å².